The van der Waals surface area contributed by atoms with Crippen molar-refractivity contribution in [2.24, 2.45) is 5.16 Å². The third kappa shape index (κ3) is 0.932. The van der Waals surface area contributed by atoms with Gasteiger partial charge in [0.05, 0.1) is 6.21 Å². The smallest absolute Gasteiger partial charge is 0.149 e. The van der Waals surface area contributed by atoms with E-state index >= 15 is 0 Å². The summed E-state index contributed by atoms with van der Waals surface area (Å²) in [5, 5.41) is 3.42. The summed E-state index contributed by atoms with van der Waals surface area (Å²) in [7, 11) is 0. The molecule has 8 heavy (non-hydrogen) atoms. The highest BCUT2D eigenvalue weighted by atomic mass is 16.6. The van der Waals surface area contributed by atoms with Gasteiger partial charge in [-0.3, -0.25) is 4.79 Å². The molecule has 42 valence electrons. The molecule has 0 bridgehead atoms. The van der Waals surface area contributed by atoms with E-state index in [0.717, 1.165) is 6.29 Å². The molecule has 3 nitrogen and oxygen atoms in total. The van der Waals surface area contributed by atoms with Gasteiger partial charge in [0.2, 0.25) is 0 Å². The molecule has 3 heteroatoms. The summed E-state index contributed by atoms with van der Waals surface area (Å²) in [4.78, 5) is 14.5. The minimum Gasteiger partial charge on any atom is -0.391 e. The van der Waals surface area contributed by atoms with Crippen molar-refractivity contribution in [1.82, 2.24) is 0 Å². The maximum atomic E-state index is 9.95. The van der Waals surface area contributed by atoms with Crippen molar-refractivity contribution >= 4 is 12.5 Å². The molecule has 0 unspecified atom stereocenters. The molecule has 1 rings (SSSR count). The van der Waals surface area contributed by atoms with Crippen LogP contribution in [0.15, 0.2) is 16.8 Å². The minimum absolute atomic E-state index is 0.306. The van der Waals surface area contributed by atoms with Crippen LogP contribution in [0.25, 0.3) is 0 Å². The van der Waals surface area contributed by atoms with Gasteiger partial charge >= 0.3 is 0 Å². The van der Waals surface area contributed by atoms with Gasteiger partial charge in [-0.05, 0) is 6.08 Å². The third-order valence-electron chi connectivity index (χ3n) is 0.807. The molecule has 0 fully saturated rings. The number of hydrogen-bond acceptors (Lipinski definition) is 3. The Morgan fingerprint density at radius 3 is 3.12 bits per heavy atom. The van der Waals surface area contributed by atoms with Crippen LogP contribution in [0.3, 0.4) is 0 Å². The monoisotopic (exact) mass is 111 g/mol. The Labute approximate surface area is 46.6 Å². The zero-order valence-corrected chi connectivity index (χ0v) is 4.20. The van der Waals surface area contributed by atoms with Crippen molar-refractivity contribution in [1.29, 1.82) is 0 Å². The van der Waals surface area contributed by atoms with Gasteiger partial charge in [0.25, 0.3) is 0 Å². The lowest BCUT2D eigenvalue weighted by Gasteiger charge is -1.99. The van der Waals surface area contributed by atoms with E-state index in [4.69, 9.17) is 0 Å². The average Bonchev–Trinajstić information content (AvgIpc) is 1.90. The first kappa shape index (κ1) is 5.03. The van der Waals surface area contributed by atoms with Crippen LogP contribution in [0.5, 0.6) is 0 Å². The first-order chi connectivity index (χ1) is 3.93. The molecule has 0 aromatic rings. The molecule has 0 N–H and O–H groups in total. The molecule has 0 aromatic heterocycles. The highest BCUT2D eigenvalue weighted by Crippen LogP contribution is 1.94. The van der Waals surface area contributed by atoms with Crippen LogP contribution in [-0.2, 0) is 9.63 Å². The van der Waals surface area contributed by atoms with Gasteiger partial charge in [-0.15, -0.1) is 0 Å². The fourth-order valence-corrected chi connectivity index (χ4v) is 0.402. The fraction of sp³-hybridized carbons (Fsp3) is 0.200. The van der Waals surface area contributed by atoms with Crippen LogP contribution in [0, 0.1) is 0 Å². The molecular weight excluding hydrogens is 106 g/mol. The Morgan fingerprint density at radius 2 is 2.75 bits per heavy atom. The van der Waals surface area contributed by atoms with Crippen LogP contribution in [-0.4, -0.2) is 19.1 Å². The van der Waals surface area contributed by atoms with Crippen LogP contribution in [0.4, 0.5) is 0 Å². The topological polar surface area (TPSA) is 38.7 Å². The second kappa shape index (κ2) is 2.26. The van der Waals surface area contributed by atoms with Gasteiger partial charge in [0.1, 0.15) is 12.9 Å². The van der Waals surface area contributed by atoms with Crippen molar-refractivity contribution in [3.63, 3.8) is 0 Å². The zero-order valence-electron chi connectivity index (χ0n) is 4.20. The van der Waals surface area contributed by atoms with Gasteiger partial charge in [0, 0.05) is 5.57 Å². The van der Waals surface area contributed by atoms with Gasteiger partial charge in [-0.1, -0.05) is 5.16 Å². The van der Waals surface area contributed by atoms with E-state index in [9.17, 15) is 4.79 Å². The van der Waals surface area contributed by atoms with Crippen molar-refractivity contribution in [3.05, 3.63) is 11.6 Å². The summed E-state index contributed by atoms with van der Waals surface area (Å²) >= 11 is 0. The predicted molar refractivity (Wildman–Crippen MR) is 28.6 cm³/mol. The van der Waals surface area contributed by atoms with Crippen molar-refractivity contribution < 1.29 is 9.63 Å². The summed E-state index contributed by atoms with van der Waals surface area (Å²) in [5.41, 5.74) is 0.625. The Balaban J connectivity index is 2.63. The van der Waals surface area contributed by atoms with E-state index in [1.165, 1.54) is 6.21 Å². The Morgan fingerprint density at radius 1 is 1.88 bits per heavy atom. The lowest BCUT2D eigenvalue weighted by atomic mass is 10.3. The van der Waals surface area contributed by atoms with Gasteiger partial charge in [-0.25, -0.2) is 0 Å². The predicted octanol–water partition coefficient (Wildman–Crippen LogP) is 0.128. The van der Waals surface area contributed by atoms with Crippen molar-refractivity contribution in [2.45, 2.75) is 0 Å². The van der Waals surface area contributed by atoms with E-state index in [0.29, 0.717) is 12.2 Å². The summed E-state index contributed by atoms with van der Waals surface area (Å²) in [6.45, 7) is 0.306. The molecule has 0 radical (unpaired) electrons. The maximum Gasteiger partial charge on any atom is 0.149 e. The van der Waals surface area contributed by atoms with Crippen LogP contribution < -0.4 is 0 Å². The molecule has 0 saturated carbocycles. The standard InChI is InChI=1S/C5H5NO2/c7-3-5-1-2-6-8-4-5/h1-3H,4H2. The average molecular weight is 111 g/mol. The molecule has 0 aromatic carbocycles. The highest BCUT2D eigenvalue weighted by molar-refractivity contribution is 5.84. The fourth-order valence-electron chi connectivity index (χ4n) is 0.402. The van der Waals surface area contributed by atoms with E-state index in [1.807, 2.05) is 0 Å². The molecule has 1 aliphatic rings. The molecule has 0 spiro atoms. The van der Waals surface area contributed by atoms with E-state index in [1.54, 1.807) is 6.08 Å². The molecule has 1 heterocycles. The van der Waals surface area contributed by atoms with Crippen LogP contribution in [0.1, 0.15) is 0 Å². The summed E-state index contributed by atoms with van der Waals surface area (Å²) in [5.74, 6) is 0. The highest BCUT2D eigenvalue weighted by Gasteiger charge is 1.96. The van der Waals surface area contributed by atoms with Crippen LogP contribution in [0.2, 0.25) is 0 Å². The number of carbonyl (C=O) groups is 1. The maximum absolute atomic E-state index is 9.95. The summed E-state index contributed by atoms with van der Waals surface area (Å²) in [6.07, 6.45) is 3.83. The normalized spacial score (nSPS) is 16.8. The molecule has 1 aliphatic heterocycles. The Hall–Kier alpha value is -1.12. The summed E-state index contributed by atoms with van der Waals surface area (Å²) < 4.78 is 0. The van der Waals surface area contributed by atoms with E-state index < -0.39 is 0 Å². The minimum atomic E-state index is 0.306. The molecule has 0 aliphatic carbocycles. The zero-order chi connectivity index (χ0) is 5.82. The number of nitrogens with zero attached hydrogens (tertiary/aromatic N) is 1. The molecule has 0 saturated heterocycles. The molecule has 0 atom stereocenters. The lowest BCUT2D eigenvalue weighted by Crippen LogP contribution is -1.99. The number of oxime groups is 1. The van der Waals surface area contributed by atoms with Gasteiger partial charge < -0.3 is 4.84 Å². The number of allylic oxidation sites excluding steroid dienone is 1. The molecular formula is C5H5NO2. The Bertz CT molecular complexity index is 149. The van der Waals surface area contributed by atoms with Crippen molar-refractivity contribution in [2.75, 3.05) is 6.61 Å². The summed E-state index contributed by atoms with van der Waals surface area (Å²) in [6, 6.07) is 0. The van der Waals surface area contributed by atoms with Gasteiger partial charge in [-0.2, -0.15) is 0 Å². The second-order valence-electron chi connectivity index (χ2n) is 1.39. The number of carbonyl (C=O) groups excluding carboxylic acids is 1. The quantitative estimate of drug-likeness (QED) is 0.451. The van der Waals surface area contributed by atoms with E-state index in [2.05, 4.69) is 9.99 Å². The van der Waals surface area contributed by atoms with Crippen LogP contribution >= 0.6 is 0 Å². The first-order valence-electron chi connectivity index (χ1n) is 2.23. The van der Waals surface area contributed by atoms with E-state index in [-0.39, 0.29) is 0 Å². The molecule has 0 amide bonds. The number of rotatable bonds is 1. The lowest BCUT2D eigenvalue weighted by molar-refractivity contribution is -0.105. The number of aldehydes is 1. The second-order valence-corrected chi connectivity index (χ2v) is 1.39. The van der Waals surface area contributed by atoms with Gasteiger partial charge in [0.15, 0.2) is 0 Å². The first-order valence-corrected chi connectivity index (χ1v) is 2.23. The Kier molecular flexibility index (Phi) is 1.42. The SMILES string of the molecule is O=CC1=CC=NOC1. The third-order valence-corrected chi connectivity index (χ3v) is 0.807. The largest absolute Gasteiger partial charge is 0.391 e. The number of hydrogen-bond donors (Lipinski definition) is 0. The van der Waals surface area contributed by atoms with Crippen molar-refractivity contribution in [3.8, 4) is 0 Å².